The first-order chi connectivity index (χ1) is 14.6. The van der Waals surface area contributed by atoms with Gasteiger partial charge in [-0.3, -0.25) is 4.98 Å². The molecule has 2 N–H and O–H groups in total. The molecule has 0 spiro atoms. The maximum atomic E-state index is 6.13. The Morgan fingerprint density at radius 3 is 2.52 bits per heavy atom. The monoisotopic (exact) mass is 573 g/mol. The number of benzene rings is 1. The Balaban J connectivity index is 0.00000341. The zero-order chi connectivity index (χ0) is 21.3. The number of hydrogen-bond acceptors (Lipinski definition) is 3. The van der Waals surface area contributed by atoms with Gasteiger partial charge in [-0.15, -0.1) is 24.0 Å². The van der Waals surface area contributed by atoms with Crippen molar-refractivity contribution in [2.45, 2.75) is 26.6 Å². The van der Waals surface area contributed by atoms with Gasteiger partial charge in [0, 0.05) is 25.5 Å². The van der Waals surface area contributed by atoms with E-state index in [0.717, 1.165) is 35.2 Å². The average Bonchev–Trinajstić information content (AvgIpc) is 3.02. The molecule has 0 saturated heterocycles. The molecule has 0 saturated carbocycles. The molecule has 0 aliphatic carbocycles. The van der Waals surface area contributed by atoms with Gasteiger partial charge in [-0.2, -0.15) is 0 Å². The smallest absolute Gasteiger partial charge is 0.191 e. The molecule has 0 amide bonds. The lowest BCUT2D eigenvalue weighted by Gasteiger charge is -2.12. The Morgan fingerprint density at radius 2 is 1.90 bits per heavy atom. The molecule has 2 heterocycles. The molecule has 6 nitrogen and oxygen atoms in total. The first kappa shape index (κ1) is 25.3. The van der Waals surface area contributed by atoms with Gasteiger partial charge in [-0.25, -0.2) is 4.99 Å². The predicted molar refractivity (Wildman–Crippen MR) is 138 cm³/mol. The highest BCUT2D eigenvalue weighted by Crippen LogP contribution is 2.24. The first-order valence-corrected chi connectivity index (χ1v) is 10.5. The lowest BCUT2D eigenvalue weighted by atomic mass is 10.2. The van der Waals surface area contributed by atoms with Gasteiger partial charge in [0.25, 0.3) is 0 Å². The molecule has 9 heteroatoms. The molecule has 0 aliphatic rings. The summed E-state index contributed by atoms with van der Waals surface area (Å²) >= 11 is 12.2. The molecule has 0 unspecified atom stereocenters. The van der Waals surface area contributed by atoms with Gasteiger partial charge in [0.05, 0.1) is 23.8 Å². The molecular formula is C22H26Cl2IN5O. The summed E-state index contributed by atoms with van der Waals surface area (Å²) in [5.74, 6) is 1.53. The van der Waals surface area contributed by atoms with Gasteiger partial charge in [0.15, 0.2) is 5.96 Å². The van der Waals surface area contributed by atoms with Gasteiger partial charge >= 0.3 is 0 Å². The average molecular weight is 574 g/mol. The third-order valence-corrected chi connectivity index (χ3v) is 5.29. The zero-order valence-corrected chi connectivity index (χ0v) is 21.3. The zero-order valence-electron chi connectivity index (χ0n) is 17.4. The normalized spacial score (nSPS) is 11.0. The van der Waals surface area contributed by atoms with Crippen LogP contribution in [0.1, 0.15) is 23.9 Å². The second-order valence-electron chi connectivity index (χ2n) is 6.64. The van der Waals surface area contributed by atoms with Crippen LogP contribution in [-0.4, -0.2) is 22.1 Å². The van der Waals surface area contributed by atoms with Crippen molar-refractivity contribution in [3.05, 3.63) is 81.9 Å². The number of pyridine rings is 1. The van der Waals surface area contributed by atoms with E-state index in [-0.39, 0.29) is 24.0 Å². The molecule has 0 aliphatic heterocycles. The van der Waals surface area contributed by atoms with Crippen molar-refractivity contribution < 1.29 is 4.74 Å². The van der Waals surface area contributed by atoms with Crippen molar-refractivity contribution in [1.82, 2.24) is 20.2 Å². The fourth-order valence-corrected chi connectivity index (χ4v) is 3.19. The Morgan fingerprint density at radius 1 is 1.13 bits per heavy atom. The topological polar surface area (TPSA) is 63.5 Å². The molecule has 3 rings (SSSR count). The van der Waals surface area contributed by atoms with Gasteiger partial charge in [-0.05, 0) is 42.8 Å². The highest BCUT2D eigenvalue weighted by atomic mass is 127. The highest BCUT2D eigenvalue weighted by Gasteiger charge is 2.09. The quantitative estimate of drug-likeness (QED) is 0.221. The maximum Gasteiger partial charge on any atom is 0.191 e. The number of halogens is 3. The summed E-state index contributed by atoms with van der Waals surface area (Å²) in [7, 11) is 1.88. The number of hydrogen-bond donors (Lipinski definition) is 2. The van der Waals surface area contributed by atoms with Crippen LogP contribution >= 0.6 is 47.2 Å². The number of ether oxygens (including phenoxy) is 1. The van der Waals surface area contributed by atoms with Crippen molar-refractivity contribution in [3.8, 4) is 5.75 Å². The first-order valence-electron chi connectivity index (χ1n) is 9.70. The van der Waals surface area contributed by atoms with Crippen LogP contribution in [0.5, 0.6) is 5.75 Å². The van der Waals surface area contributed by atoms with E-state index in [9.17, 15) is 0 Å². The van der Waals surface area contributed by atoms with Crippen LogP contribution < -0.4 is 15.4 Å². The van der Waals surface area contributed by atoms with E-state index in [1.165, 1.54) is 0 Å². The van der Waals surface area contributed by atoms with Crippen LogP contribution in [0.15, 0.2) is 59.7 Å². The predicted octanol–water partition coefficient (Wildman–Crippen LogP) is 5.18. The van der Waals surface area contributed by atoms with Crippen LogP contribution in [0, 0.1) is 0 Å². The van der Waals surface area contributed by atoms with E-state index in [0.29, 0.717) is 29.9 Å². The summed E-state index contributed by atoms with van der Waals surface area (Å²) in [5, 5.41) is 7.63. The number of aliphatic imine (C=N–C) groups is 1. The van der Waals surface area contributed by atoms with Crippen molar-refractivity contribution in [2.24, 2.45) is 12.0 Å². The van der Waals surface area contributed by atoms with Crippen LogP contribution in [0.4, 0.5) is 0 Å². The molecule has 0 fully saturated rings. The Kier molecular flexibility index (Phi) is 10.4. The minimum atomic E-state index is 0. The largest absolute Gasteiger partial charge is 0.487 e. The van der Waals surface area contributed by atoms with Gasteiger partial charge < -0.3 is 19.9 Å². The summed E-state index contributed by atoms with van der Waals surface area (Å²) in [6, 6.07) is 15.5. The molecule has 1 aromatic carbocycles. The van der Waals surface area contributed by atoms with E-state index >= 15 is 0 Å². The van der Waals surface area contributed by atoms with Crippen LogP contribution in [0.2, 0.25) is 10.2 Å². The van der Waals surface area contributed by atoms with Gasteiger partial charge in [-0.1, -0.05) is 41.4 Å². The summed E-state index contributed by atoms with van der Waals surface area (Å²) < 4.78 is 7.63. The van der Waals surface area contributed by atoms with Gasteiger partial charge in [0.1, 0.15) is 17.5 Å². The lowest BCUT2D eigenvalue weighted by molar-refractivity contribution is 0.301. The Hall–Kier alpha value is -1.97. The number of nitrogens with one attached hydrogen (secondary N) is 2. The van der Waals surface area contributed by atoms with E-state index in [4.69, 9.17) is 27.9 Å². The van der Waals surface area contributed by atoms with Crippen LogP contribution in [-0.2, 0) is 26.7 Å². The molecule has 31 heavy (non-hydrogen) atoms. The third-order valence-electron chi connectivity index (χ3n) is 4.45. The number of guanidine groups is 1. The number of rotatable bonds is 8. The van der Waals surface area contributed by atoms with E-state index in [2.05, 4.69) is 20.6 Å². The number of nitrogens with zero attached hydrogens (tertiary/aromatic N) is 3. The Bertz CT molecular complexity index is 978. The SMILES string of the molecule is CCNC(=NCc1ccc(OCc2ccccn2)cc1)NCc1cc(Cl)c(Cl)n1C.I. The van der Waals surface area contributed by atoms with E-state index in [1.807, 2.05) is 67.1 Å². The molecule has 0 atom stereocenters. The highest BCUT2D eigenvalue weighted by molar-refractivity contribution is 14.0. The second-order valence-corrected chi connectivity index (χ2v) is 7.40. The van der Waals surface area contributed by atoms with Crippen molar-refractivity contribution in [1.29, 1.82) is 0 Å². The standard InChI is InChI=1S/C22H25Cl2N5O.HI/c1-3-25-22(28-14-18-12-20(23)21(24)29(18)2)27-13-16-7-9-19(10-8-16)30-15-17-6-4-5-11-26-17;/h4-12H,3,13-15H2,1-2H3,(H2,25,27,28);1H. The van der Waals surface area contributed by atoms with E-state index < -0.39 is 0 Å². The molecule has 2 aromatic heterocycles. The fraction of sp³-hybridized carbons (Fsp3) is 0.273. The minimum Gasteiger partial charge on any atom is -0.487 e. The molecule has 3 aromatic rings. The summed E-state index contributed by atoms with van der Waals surface area (Å²) in [5.41, 5.74) is 2.96. The third kappa shape index (κ3) is 7.59. The minimum absolute atomic E-state index is 0. The molecule has 0 bridgehead atoms. The number of aromatic nitrogens is 2. The Labute approximate surface area is 210 Å². The van der Waals surface area contributed by atoms with Crippen LogP contribution in [0.3, 0.4) is 0 Å². The molecule has 0 radical (unpaired) electrons. The van der Waals surface area contributed by atoms with E-state index in [1.54, 1.807) is 6.20 Å². The fourth-order valence-electron chi connectivity index (χ4n) is 2.78. The van der Waals surface area contributed by atoms with Crippen molar-refractivity contribution in [2.75, 3.05) is 6.54 Å². The maximum absolute atomic E-state index is 6.13. The lowest BCUT2D eigenvalue weighted by Crippen LogP contribution is -2.37. The van der Waals surface area contributed by atoms with Crippen molar-refractivity contribution >= 4 is 53.1 Å². The van der Waals surface area contributed by atoms with Gasteiger partial charge in [0.2, 0.25) is 0 Å². The summed E-state index contributed by atoms with van der Waals surface area (Å²) in [6.45, 7) is 4.35. The van der Waals surface area contributed by atoms with Crippen LogP contribution in [0.25, 0.3) is 0 Å². The summed E-state index contributed by atoms with van der Waals surface area (Å²) in [4.78, 5) is 8.90. The molecule has 166 valence electrons. The molecular weight excluding hydrogens is 548 g/mol. The van der Waals surface area contributed by atoms with Crippen molar-refractivity contribution in [3.63, 3.8) is 0 Å². The second kappa shape index (κ2) is 12.8. The summed E-state index contributed by atoms with van der Waals surface area (Å²) in [6.07, 6.45) is 1.76.